The Morgan fingerprint density at radius 1 is 0.971 bits per heavy atom. The lowest BCUT2D eigenvalue weighted by molar-refractivity contribution is -0.118. The molecule has 0 radical (unpaired) electrons. The van der Waals surface area contributed by atoms with Crippen LogP contribution in [0.5, 0.6) is 0 Å². The van der Waals surface area contributed by atoms with Gasteiger partial charge in [0, 0.05) is 12.2 Å². The Balaban J connectivity index is 1.48. The number of nitrogens with two attached hydrogens (primary N) is 1. The number of nitrogens with zero attached hydrogens (tertiary/aromatic N) is 3. The number of hydrogen-bond donors (Lipinski definition) is 2. The number of aromatic nitrogens is 3. The van der Waals surface area contributed by atoms with Crippen LogP contribution in [-0.4, -0.2) is 34.8 Å². The van der Waals surface area contributed by atoms with Gasteiger partial charge in [-0.05, 0) is 42.0 Å². The van der Waals surface area contributed by atoms with Gasteiger partial charge in [-0.1, -0.05) is 54.2 Å². The number of carbonyl (C=O) groups excluding carboxylic acids is 1. The van der Waals surface area contributed by atoms with Crippen LogP contribution in [0.3, 0.4) is 0 Å². The first-order valence-electron chi connectivity index (χ1n) is 10.1. The molecule has 1 amide bonds. The summed E-state index contributed by atoms with van der Waals surface area (Å²) in [5.74, 6) is -0.287. The van der Waals surface area contributed by atoms with Crippen molar-refractivity contribution in [3.05, 3.63) is 90.2 Å². The van der Waals surface area contributed by atoms with Crippen molar-refractivity contribution in [3.8, 4) is 17.1 Å². The van der Waals surface area contributed by atoms with Crippen molar-refractivity contribution in [1.82, 2.24) is 20.1 Å². The molecule has 1 heterocycles. The van der Waals surface area contributed by atoms with E-state index in [0.717, 1.165) is 11.3 Å². The highest BCUT2D eigenvalue weighted by Gasteiger charge is 2.19. The molecular weight excluding hydrogens is 477 g/mol. The highest BCUT2D eigenvalue weighted by atomic mass is 32.2. The third-order valence-corrected chi connectivity index (χ3v) is 6.69. The summed E-state index contributed by atoms with van der Waals surface area (Å²) < 4.78 is 38.8. The van der Waals surface area contributed by atoms with Gasteiger partial charge in [0.05, 0.1) is 16.2 Å². The normalized spacial score (nSPS) is 11.4. The van der Waals surface area contributed by atoms with Crippen LogP contribution in [0.2, 0.25) is 0 Å². The number of benzene rings is 3. The minimum Gasteiger partial charge on any atom is -0.351 e. The number of halogens is 1. The van der Waals surface area contributed by atoms with Gasteiger partial charge >= 0.3 is 0 Å². The molecule has 4 rings (SSSR count). The smallest absolute Gasteiger partial charge is 0.238 e. The molecule has 0 saturated carbocycles. The molecule has 0 spiro atoms. The molecule has 0 fully saturated rings. The summed E-state index contributed by atoms with van der Waals surface area (Å²) in [6.45, 7) is 0.218. The predicted octanol–water partition coefficient (Wildman–Crippen LogP) is 3.13. The fraction of sp³-hybridized carbons (Fsp3) is 0.0870. The number of sulfonamides is 1. The Labute approximate surface area is 200 Å². The maximum atomic E-state index is 14.5. The van der Waals surface area contributed by atoms with Crippen molar-refractivity contribution in [2.75, 3.05) is 5.75 Å². The van der Waals surface area contributed by atoms with Crippen LogP contribution in [0, 0.1) is 5.82 Å². The molecule has 11 heteroatoms. The van der Waals surface area contributed by atoms with E-state index in [1.165, 1.54) is 30.0 Å². The van der Waals surface area contributed by atoms with Gasteiger partial charge < -0.3 is 5.32 Å². The van der Waals surface area contributed by atoms with E-state index < -0.39 is 15.8 Å². The molecule has 0 saturated heterocycles. The van der Waals surface area contributed by atoms with Crippen molar-refractivity contribution in [2.24, 2.45) is 5.14 Å². The van der Waals surface area contributed by atoms with Crippen molar-refractivity contribution >= 4 is 27.7 Å². The number of amides is 1. The highest BCUT2D eigenvalue weighted by Crippen LogP contribution is 2.29. The van der Waals surface area contributed by atoms with Gasteiger partial charge in [-0.3, -0.25) is 9.36 Å². The van der Waals surface area contributed by atoms with Gasteiger partial charge in [-0.2, -0.15) is 0 Å². The molecule has 0 aliphatic rings. The Kier molecular flexibility index (Phi) is 7.06. The first-order chi connectivity index (χ1) is 16.3. The van der Waals surface area contributed by atoms with E-state index in [9.17, 15) is 17.6 Å². The molecule has 34 heavy (non-hydrogen) atoms. The summed E-state index contributed by atoms with van der Waals surface area (Å²) in [6.07, 6.45) is 0. The van der Waals surface area contributed by atoms with Crippen LogP contribution in [-0.2, 0) is 21.4 Å². The maximum Gasteiger partial charge on any atom is 0.238 e. The Morgan fingerprint density at radius 3 is 2.32 bits per heavy atom. The molecule has 0 unspecified atom stereocenters. The number of thioether (sulfide) groups is 1. The summed E-state index contributed by atoms with van der Waals surface area (Å²) in [7, 11) is -3.77. The molecule has 3 N–H and O–H groups in total. The largest absolute Gasteiger partial charge is 0.351 e. The van der Waals surface area contributed by atoms with Crippen LogP contribution < -0.4 is 10.5 Å². The molecule has 4 aromatic rings. The third-order valence-electron chi connectivity index (χ3n) is 4.84. The number of primary sulfonamides is 1. The van der Waals surface area contributed by atoms with E-state index in [-0.39, 0.29) is 23.1 Å². The minimum atomic E-state index is -3.77. The lowest BCUT2D eigenvalue weighted by Crippen LogP contribution is -2.24. The second-order valence-corrected chi connectivity index (χ2v) is 9.72. The number of carbonyl (C=O) groups is 1. The lowest BCUT2D eigenvalue weighted by Gasteiger charge is -2.11. The van der Waals surface area contributed by atoms with Gasteiger partial charge in [-0.15, -0.1) is 10.2 Å². The average molecular weight is 498 g/mol. The zero-order chi connectivity index (χ0) is 24.1. The molecule has 0 bridgehead atoms. The van der Waals surface area contributed by atoms with E-state index in [0.29, 0.717) is 16.5 Å². The second-order valence-electron chi connectivity index (χ2n) is 7.21. The Bertz CT molecular complexity index is 1410. The molecule has 0 atom stereocenters. The van der Waals surface area contributed by atoms with Crippen molar-refractivity contribution < 1.29 is 17.6 Å². The number of hydrogen-bond acceptors (Lipinski definition) is 6. The summed E-state index contributed by atoms with van der Waals surface area (Å²) in [6, 6.07) is 21.5. The van der Waals surface area contributed by atoms with Crippen LogP contribution in [0.25, 0.3) is 17.1 Å². The zero-order valence-corrected chi connectivity index (χ0v) is 19.4. The van der Waals surface area contributed by atoms with Crippen LogP contribution in [0.4, 0.5) is 4.39 Å². The quantitative estimate of drug-likeness (QED) is 0.361. The number of para-hydroxylation sites is 1. The first kappa shape index (κ1) is 23.6. The van der Waals surface area contributed by atoms with Gasteiger partial charge in [0.25, 0.3) is 0 Å². The fourth-order valence-corrected chi connectivity index (χ4v) is 4.47. The molecule has 0 aliphatic carbocycles. The van der Waals surface area contributed by atoms with Gasteiger partial charge in [-0.25, -0.2) is 17.9 Å². The van der Waals surface area contributed by atoms with E-state index in [1.807, 2.05) is 30.3 Å². The van der Waals surface area contributed by atoms with E-state index in [4.69, 9.17) is 5.14 Å². The molecule has 1 aromatic heterocycles. The van der Waals surface area contributed by atoms with Gasteiger partial charge in [0.1, 0.15) is 5.82 Å². The average Bonchev–Trinajstić information content (AvgIpc) is 3.25. The summed E-state index contributed by atoms with van der Waals surface area (Å²) in [4.78, 5) is 12.4. The standard InChI is InChI=1S/C23H20FN5O3S2/c24-20-9-5-4-8-19(20)22-27-28-23(29(22)17-6-2-1-3-7-17)33-15-21(30)26-14-16-10-12-18(13-11-16)34(25,31)32/h1-13H,14-15H2,(H,26,30)(H2,25,31,32). The first-order valence-corrected chi connectivity index (χ1v) is 12.6. The summed E-state index contributed by atoms with van der Waals surface area (Å²) >= 11 is 1.17. The van der Waals surface area contributed by atoms with E-state index >= 15 is 0 Å². The molecule has 0 aliphatic heterocycles. The lowest BCUT2D eigenvalue weighted by atomic mass is 10.2. The summed E-state index contributed by atoms with van der Waals surface area (Å²) in [5, 5.41) is 16.7. The van der Waals surface area contributed by atoms with Crippen LogP contribution in [0.15, 0.2) is 88.9 Å². The molecular formula is C23H20FN5O3S2. The minimum absolute atomic E-state index is 0.00374. The van der Waals surface area contributed by atoms with Crippen molar-refractivity contribution in [1.29, 1.82) is 0 Å². The Hall–Kier alpha value is -3.54. The monoisotopic (exact) mass is 497 g/mol. The van der Waals surface area contributed by atoms with Crippen molar-refractivity contribution in [2.45, 2.75) is 16.6 Å². The highest BCUT2D eigenvalue weighted by molar-refractivity contribution is 7.99. The molecule has 8 nitrogen and oxygen atoms in total. The molecule has 174 valence electrons. The number of nitrogens with one attached hydrogen (secondary N) is 1. The SMILES string of the molecule is NS(=O)(=O)c1ccc(CNC(=O)CSc2nnc(-c3ccccc3F)n2-c2ccccc2)cc1. The molecule has 3 aromatic carbocycles. The Morgan fingerprint density at radius 2 is 1.65 bits per heavy atom. The topological polar surface area (TPSA) is 120 Å². The van der Waals surface area contributed by atoms with Crippen LogP contribution in [0.1, 0.15) is 5.56 Å². The second kappa shape index (κ2) is 10.2. The maximum absolute atomic E-state index is 14.5. The zero-order valence-electron chi connectivity index (χ0n) is 17.8. The van der Waals surface area contributed by atoms with Crippen molar-refractivity contribution in [3.63, 3.8) is 0 Å². The van der Waals surface area contributed by atoms with Gasteiger partial charge in [0.15, 0.2) is 11.0 Å². The third kappa shape index (κ3) is 5.50. The number of rotatable bonds is 8. The van der Waals surface area contributed by atoms with E-state index in [1.54, 1.807) is 34.9 Å². The van der Waals surface area contributed by atoms with E-state index in [2.05, 4.69) is 15.5 Å². The van der Waals surface area contributed by atoms with Crippen LogP contribution >= 0.6 is 11.8 Å². The van der Waals surface area contributed by atoms with Gasteiger partial charge in [0.2, 0.25) is 15.9 Å². The summed E-state index contributed by atoms with van der Waals surface area (Å²) in [5.41, 5.74) is 1.77. The predicted molar refractivity (Wildman–Crippen MR) is 127 cm³/mol. The fourth-order valence-electron chi connectivity index (χ4n) is 3.17.